The lowest BCUT2D eigenvalue weighted by atomic mass is 10.3. The van der Waals surface area contributed by atoms with Gasteiger partial charge in [-0.1, -0.05) is 6.92 Å². The van der Waals surface area contributed by atoms with Gasteiger partial charge in [0.2, 0.25) is 5.91 Å². The largest absolute Gasteiger partial charge is 0.481 e. The number of amides is 1. The number of aliphatic carboxylic acids is 1. The number of carbonyl (C=O) groups excluding carboxylic acids is 1. The van der Waals surface area contributed by atoms with Gasteiger partial charge in [-0.05, 0) is 25.9 Å². The summed E-state index contributed by atoms with van der Waals surface area (Å²) in [6.45, 7) is 6.55. The predicted octanol–water partition coefficient (Wildman–Crippen LogP) is 0.699. The fraction of sp³-hybridized carbons (Fsp3) is 0.818. The van der Waals surface area contributed by atoms with E-state index < -0.39 is 5.97 Å². The van der Waals surface area contributed by atoms with Gasteiger partial charge in [0, 0.05) is 20.0 Å². The summed E-state index contributed by atoms with van der Waals surface area (Å²) in [6.07, 6.45) is 2.05. The lowest BCUT2D eigenvalue weighted by molar-refractivity contribution is -0.137. The van der Waals surface area contributed by atoms with Crippen LogP contribution in [0.1, 0.15) is 33.1 Å². The minimum atomic E-state index is -0.761. The average molecular weight is 230 g/mol. The molecule has 0 spiro atoms. The molecular weight excluding hydrogens is 208 g/mol. The SMILES string of the molecule is CCCN(CCCNC(C)=O)CCC(=O)O. The van der Waals surface area contributed by atoms with Gasteiger partial charge in [0.05, 0.1) is 6.42 Å². The number of hydrogen-bond donors (Lipinski definition) is 2. The lowest BCUT2D eigenvalue weighted by Gasteiger charge is -2.20. The van der Waals surface area contributed by atoms with E-state index in [1.54, 1.807) is 0 Å². The van der Waals surface area contributed by atoms with Crippen molar-refractivity contribution in [2.75, 3.05) is 26.2 Å². The molecule has 16 heavy (non-hydrogen) atoms. The minimum Gasteiger partial charge on any atom is -0.481 e. The van der Waals surface area contributed by atoms with Crippen LogP contribution in [-0.2, 0) is 9.59 Å². The molecule has 1 amide bonds. The van der Waals surface area contributed by atoms with E-state index in [1.165, 1.54) is 6.92 Å². The maximum atomic E-state index is 10.6. The van der Waals surface area contributed by atoms with E-state index in [-0.39, 0.29) is 12.3 Å². The molecule has 0 fully saturated rings. The van der Waals surface area contributed by atoms with Crippen molar-refractivity contribution in [1.29, 1.82) is 0 Å². The van der Waals surface area contributed by atoms with E-state index in [0.717, 1.165) is 25.9 Å². The number of hydrogen-bond acceptors (Lipinski definition) is 3. The lowest BCUT2D eigenvalue weighted by Crippen LogP contribution is -2.31. The summed E-state index contributed by atoms with van der Waals surface area (Å²) in [7, 11) is 0. The van der Waals surface area contributed by atoms with Gasteiger partial charge in [-0.15, -0.1) is 0 Å². The quantitative estimate of drug-likeness (QED) is 0.572. The average Bonchev–Trinajstić information content (AvgIpc) is 2.20. The molecule has 0 heterocycles. The van der Waals surface area contributed by atoms with E-state index >= 15 is 0 Å². The fourth-order valence-corrected chi connectivity index (χ4v) is 1.47. The van der Waals surface area contributed by atoms with Gasteiger partial charge in [-0.2, -0.15) is 0 Å². The smallest absolute Gasteiger partial charge is 0.304 e. The maximum absolute atomic E-state index is 10.6. The van der Waals surface area contributed by atoms with Crippen molar-refractivity contribution < 1.29 is 14.7 Å². The summed E-state index contributed by atoms with van der Waals surface area (Å²) >= 11 is 0. The zero-order valence-corrected chi connectivity index (χ0v) is 10.2. The Morgan fingerprint density at radius 3 is 2.44 bits per heavy atom. The van der Waals surface area contributed by atoms with E-state index in [2.05, 4.69) is 17.1 Å². The van der Waals surface area contributed by atoms with Crippen LogP contribution in [0.4, 0.5) is 0 Å². The molecule has 0 unspecified atom stereocenters. The second-order valence-electron chi connectivity index (χ2n) is 3.82. The normalized spacial score (nSPS) is 10.4. The van der Waals surface area contributed by atoms with Crippen LogP contribution in [0.25, 0.3) is 0 Å². The number of carbonyl (C=O) groups is 2. The van der Waals surface area contributed by atoms with E-state index in [4.69, 9.17) is 5.11 Å². The summed E-state index contributed by atoms with van der Waals surface area (Å²) < 4.78 is 0. The molecular formula is C11H22N2O3. The molecule has 0 aliphatic carbocycles. The van der Waals surface area contributed by atoms with Crippen LogP contribution < -0.4 is 5.32 Å². The third-order valence-corrected chi connectivity index (χ3v) is 2.21. The Hall–Kier alpha value is -1.10. The van der Waals surface area contributed by atoms with Crippen molar-refractivity contribution in [2.24, 2.45) is 0 Å². The van der Waals surface area contributed by atoms with Crippen molar-refractivity contribution in [3.8, 4) is 0 Å². The van der Waals surface area contributed by atoms with Gasteiger partial charge in [0.25, 0.3) is 0 Å². The van der Waals surface area contributed by atoms with Crippen LogP contribution >= 0.6 is 0 Å². The Morgan fingerprint density at radius 1 is 1.25 bits per heavy atom. The summed E-state index contributed by atoms with van der Waals surface area (Å²) in [5, 5.41) is 11.3. The standard InChI is InChI=1S/C11H22N2O3/c1-3-7-13(9-5-11(15)16)8-4-6-12-10(2)14/h3-9H2,1-2H3,(H,12,14)(H,15,16). The Morgan fingerprint density at radius 2 is 1.94 bits per heavy atom. The molecule has 0 atom stereocenters. The number of nitrogens with zero attached hydrogens (tertiary/aromatic N) is 1. The minimum absolute atomic E-state index is 0.0208. The monoisotopic (exact) mass is 230 g/mol. The molecule has 0 aromatic heterocycles. The Kier molecular flexibility index (Phi) is 8.52. The predicted molar refractivity (Wildman–Crippen MR) is 62.3 cm³/mol. The molecule has 5 nitrogen and oxygen atoms in total. The van der Waals surface area contributed by atoms with Gasteiger partial charge in [0.15, 0.2) is 0 Å². The van der Waals surface area contributed by atoms with Crippen LogP contribution in [-0.4, -0.2) is 48.1 Å². The molecule has 0 aliphatic heterocycles. The van der Waals surface area contributed by atoms with Crippen LogP contribution in [0.2, 0.25) is 0 Å². The van der Waals surface area contributed by atoms with Crippen molar-refractivity contribution >= 4 is 11.9 Å². The Balaban J connectivity index is 3.66. The number of carboxylic acids is 1. The maximum Gasteiger partial charge on any atom is 0.304 e. The second-order valence-corrected chi connectivity index (χ2v) is 3.82. The Bertz CT molecular complexity index is 219. The molecule has 0 rings (SSSR count). The van der Waals surface area contributed by atoms with Crippen LogP contribution in [0.3, 0.4) is 0 Å². The molecule has 0 saturated carbocycles. The van der Waals surface area contributed by atoms with Crippen molar-refractivity contribution in [1.82, 2.24) is 10.2 Å². The molecule has 0 radical (unpaired) electrons. The first-order valence-corrected chi connectivity index (χ1v) is 5.74. The molecule has 94 valence electrons. The first kappa shape index (κ1) is 14.9. The highest BCUT2D eigenvalue weighted by Gasteiger charge is 2.06. The zero-order chi connectivity index (χ0) is 12.4. The first-order valence-electron chi connectivity index (χ1n) is 5.74. The molecule has 0 aromatic carbocycles. The topological polar surface area (TPSA) is 69.6 Å². The number of carboxylic acid groups (broad SMARTS) is 1. The molecule has 5 heteroatoms. The molecule has 0 aromatic rings. The fourth-order valence-electron chi connectivity index (χ4n) is 1.47. The van der Waals surface area contributed by atoms with Gasteiger partial charge in [-0.3, -0.25) is 9.59 Å². The van der Waals surface area contributed by atoms with E-state index in [1.807, 2.05) is 0 Å². The first-order chi connectivity index (χ1) is 7.56. The van der Waals surface area contributed by atoms with Gasteiger partial charge < -0.3 is 15.3 Å². The van der Waals surface area contributed by atoms with Crippen molar-refractivity contribution in [3.63, 3.8) is 0 Å². The zero-order valence-electron chi connectivity index (χ0n) is 10.2. The molecule has 0 bridgehead atoms. The van der Waals surface area contributed by atoms with Crippen LogP contribution in [0, 0.1) is 0 Å². The highest BCUT2D eigenvalue weighted by Crippen LogP contribution is 1.96. The third kappa shape index (κ3) is 9.45. The highest BCUT2D eigenvalue weighted by molar-refractivity contribution is 5.72. The number of nitrogens with one attached hydrogen (secondary N) is 1. The van der Waals surface area contributed by atoms with E-state index in [0.29, 0.717) is 13.1 Å². The number of rotatable bonds is 9. The van der Waals surface area contributed by atoms with Crippen LogP contribution in [0.5, 0.6) is 0 Å². The highest BCUT2D eigenvalue weighted by atomic mass is 16.4. The van der Waals surface area contributed by atoms with Gasteiger partial charge in [-0.25, -0.2) is 0 Å². The third-order valence-electron chi connectivity index (χ3n) is 2.21. The van der Waals surface area contributed by atoms with Crippen molar-refractivity contribution in [3.05, 3.63) is 0 Å². The van der Waals surface area contributed by atoms with Crippen LogP contribution in [0.15, 0.2) is 0 Å². The van der Waals surface area contributed by atoms with Gasteiger partial charge in [0.1, 0.15) is 0 Å². The summed E-state index contributed by atoms with van der Waals surface area (Å²) in [6, 6.07) is 0. The summed E-state index contributed by atoms with van der Waals surface area (Å²) in [4.78, 5) is 23.2. The van der Waals surface area contributed by atoms with E-state index in [9.17, 15) is 9.59 Å². The molecule has 0 saturated heterocycles. The summed E-state index contributed by atoms with van der Waals surface area (Å²) in [5.74, 6) is -0.782. The molecule has 0 aliphatic rings. The Labute approximate surface area is 96.8 Å². The second kappa shape index (κ2) is 9.15. The molecule has 2 N–H and O–H groups in total. The van der Waals surface area contributed by atoms with Crippen molar-refractivity contribution in [2.45, 2.75) is 33.1 Å². The van der Waals surface area contributed by atoms with Gasteiger partial charge >= 0.3 is 5.97 Å². The summed E-state index contributed by atoms with van der Waals surface area (Å²) in [5.41, 5.74) is 0.